The highest BCUT2D eigenvalue weighted by molar-refractivity contribution is 5.91. The fraction of sp³-hybridized carbons (Fsp3) is 0.400. The number of aliphatic carboxylic acids is 1. The van der Waals surface area contributed by atoms with Gasteiger partial charge in [0.1, 0.15) is 5.60 Å². The molecule has 1 amide bonds. The van der Waals surface area contributed by atoms with Crippen LogP contribution >= 0.6 is 0 Å². The molecule has 4 aliphatic rings. The van der Waals surface area contributed by atoms with Gasteiger partial charge in [0.2, 0.25) is 12.7 Å². The number of carbonyl (C=O) groups excluding carboxylic acids is 2. The van der Waals surface area contributed by atoms with E-state index in [2.05, 4.69) is 6.58 Å². The van der Waals surface area contributed by atoms with E-state index < -0.39 is 35.6 Å². The van der Waals surface area contributed by atoms with E-state index in [9.17, 15) is 14.7 Å². The van der Waals surface area contributed by atoms with Gasteiger partial charge in [-0.2, -0.15) is 0 Å². The average molecular weight is 368 g/mol. The molecule has 4 aliphatic heterocycles. The van der Waals surface area contributed by atoms with Crippen molar-refractivity contribution in [3.63, 3.8) is 0 Å². The maximum Gasteiger partial charge on any atom is 0.231 e. The molecule has 0 aliphatic carbocycles. The van der Waals surface area contributed by atoms with Gasteiger partial charge in [0.25, 0.3) is 0 Å². The van der Waals surface area contributed by atoms with E-state index in [-0.39, 0.29) is 12.7 Å². The summed E-state index contributed by atoms with van der Waals surface area (Å²) in [6.07, 6.45) is 2.93. The molecule has 140 valence electrons. The number of rotatable bonds is 4. The number of hydrogen-bond acceptors (Lipinski definition) is 6. The third-order valence-corrected chi connectivity index (χ3v) is 5.90. The summed E-state index contributed by atoms with van der Waals surface area (Å²) in [5, 5.41) is 11.7. The number of carboxylic acid groups (broad SMARTS) is 1. The molecular formula is C20H18NO6-. The molecule has 5 atom stereocenters. The molecule has 27 heavy (non-hydrogen) atoms. The number of hydrogen-bond donors (Lipinski definition) is 0. The van der Waals surface area contributed by atoms with Gasteiger partial charge in [0.15, 0.2) is 11.5 Å². The maximum absolute atomic E-state index is 13.3. The quantitative estimate of drug-likeness (QED) is 0.715. The Hall–Kier alpha value is -2.80. The number of nitrogens with zero attached hydrogens (tertiary/aromatic N) is 1. The van der Waals surface area contributed by atoms with Crippen LogP contribution in [0.4, 0.5) is 0 Å². The van der Waals surface area contributed by atoms with Crippen molar-refractivity contribution in [1.29, 1.82) is 0 Å². The summed E-state index contributed by atoms with van der Waals surface area (Å²) in [6, 6.07) is 5.07. The first-order valence-electron chi connectivity index (χ1n) is 8.85. The second-order valence-electron chi connectivity index (χ2n) is 7.52. The predicted octanol–water partition coefficient (Wildman–Crippen LogP) is 0.392. The Bertz CT molecular complexity index is 908. The molecule has 7 nitrogen and oxygen atoms in total. The second kappa shape index (κ2) is 5.36. The monoisotopic (exact) mass is 368 g/mol. The Balaban J connectivity index is 1.53. The van der Waals surface area contributed by atoms with Crippen LogP contribution < -0.4 is 14.6 Å². The van der Waals surface area contributed by atoms with Crippen molar-refractivity contribution in [3.8, 4) is 11.5 Å². The van der Waals surface area contributed by atoms with Gasteiger partial charge >= 0.3 is 0 Å². The largest absolute Gasteiger partial charge is 0.550 e. The first-order valence-corrected chi connectivity index (χ1v) is 8.85. The molecular weight excluding hydrogens is 350 g/mol. The predicted molar refractivity (Wildman–Crippen MR) is 90.4 cm³/mol. The van der Waals surface area contributed by atoms with Crippen LogP contribution in [-0.4, -0.2) is 41.3 Å². The van der Waals surface area contributed by atoms with Crippen LogP contribution in [0.2, 0.25) is 0 Å². The molecule has 4 heterocycles. The van der Waals surface area contributed by atoms with Gasteiger partial charge in [-0.25, -0.2) is 0 Å². The lowest BCUT2D eigenvalue weighted by molar-refractivity contribution is -0.313. The fourth-order valence-electron chi connectivity index (χ4n) is 4.95. The van der Waals surface area contributed by atoms with Crippen LogP contribution in [0.15, 0.2) is 42.5 Å². The van der Waals surface area contributed by atoms with E-state index in [1.807, 2.05) is 25.1 Å². The number of carbonyl (C=O) groups is 2. The Morgan fingerprint density at radius 3 is 2.89 bits per heavy atom. The standard InChI is InChI=1S/C20H19NO6/c1-10(2)17-20-6-5-13(27-20)15(19(23)24)16(20)18(22)21(17)8-11-3-4-12-14(7-11)26-9-25-12/h3-7,13,15-17H,1,8-9H2,2H3,(H,23,24)/p-1/t13-,15-,16+,17+,20-/m1/s1. The lowest BCUT2D eigenvalue weighted by atomic mass is 9.74. The van der Waals surface area contributed by atoms with Crippen molar-refractivity contribution in [2.75, 3.05) is 6.79 Å². The molecule has 2 bridgehead atoms. The summed E-state index contributed by atoms with van der Waals surface area (Å²) in [6.45, 7) is 6.35. The van der Waals surface area contributed by atoms with Crippen LogP contribution in [0, 0.1) is 11.8 Å². The van der Waals surface area contributed by atoms with Gasteiger partial charge < -0.3 is 29.0 Å². The smallest absolute Gasteiger partial charge is 0.231 e. The summed E-state index contributed by atoms with van der Waals surface area (Å²) in [5.41, 5.74) is 0.615. The molecule has 5 rings (SSSR count). The van der Waals surface area contributed by atoms with Crippen molar-refractivity contribution in [1.82, 2.24) is 4.90 Å². The minimum Gasteiger partial charge on any atom is -0.550 e. The fourth-order valence-corrected chi connectivity index (χ4v) is 4.95. The normalized spacial score (nSPS) is 35.0. The molecule has 1 spiro atoms. The summed E-state index contributed by atoms with van der Waals surface area (Å²) >= 11 is 0. The van der Waals surface area contributed by atoms with Crippen LogP contribution in [0.3, 0.4) is 0 Å². The lowest BCUT2D eigenvalue weighted by Crippen LogP contribution is -2.46. The zero-order valence-corrected chi connectivity index (χ0v) is 14.7. The minimum atomic E-state index is -1.25. The van der Waals surface area contributed by atoms with Gasteiger partial charge in [-0.15, -0.1) is 0 Å². The van der Waals surface area contributed by atoms with Gasteiger partial charge in [-0.1, -0.05) is 30.4 Å². The van der Waals surface area contributed by atoms with Crippen molar-refractivity contribution in [2.24, 2.45) is 11.8 Å². The molecule has 7 heteroatoms. The SMILES string of the molecule is C=C(C)[C@@H]1N(Cc2ccc3c(c2)OCO3)C(=O)[C@@H]2[C@H](C(=O)[O-])[C@H]3C=C[C@@]21O3. The number of benzene rings is 1. The summed E-state index contributed by atoms with van der Waals surface area (Å²) in [4.78, 5) is 26.6. The molecule has 0 N–H and O–H groups in total. The van der Waals surface area contributed by atoms with Gasteiger partial charge in [-0.3, -0.25) is 4.79 Å². The third-order valence-electron chi connectivity index (χ3n) is 5.90. The number of fused-ring (bicyclic) bond motifs is 2. The number of carboxylic acids is 1. The van der Waals surface area contributed by atoms with E-state index in [4.69, 9.17) is 14.2 Å². The molecule has 2 fully saturated rings. The Kier molecular flexibility index (Phi) is 3.25. The first kappa shape index (κ1) is 16.4. The molecule has 0 saturated carbocycles. The van der Waals surface area contributed by atoms with Crippen LogP contribution in [0.25, 0.3) is 0 Å². The Labute approximate surface area is 155 Å². The third kappa shape index (κ3) is 2.06. The van der Waals surface area contributed by atoms with Gasteiger partial charge in [-0.05, 0) is 24.6 Å². The zero-order chi connectivity index (χ0) is 18.9. The van der Waals surface area contributed by atoms with E-state index >= 15 is 0 Å². The molecule has 0 unspecified atom stereocenters. The van der Waals surface area contributed by atoms with E-state index in [1.54, 1.807) is 17.0 Å². The van der Waals surface area contributed by atoms with Crippen molar-refractivity contribution in [2.45, 2.75) is 31.2 Å². The highest BCUT2D eigenvalue weighted by atomic mass is 16.7. The van der Waals surface area contributed by atoms with E-state index in [1.165, 1.54) is 0 Å². The zero-order valence-electron chi connectivity index (χ0n) is 14.7. The lowest BCUT2D eigenvalue weighted by Gasteiger charge is -2.33. The number of amides is 1. The van der Waals surface area contributed by atoms with Gasteiger partial charge in [0.05, 0.1) is 18.1 Å². The molecule has 0 aromatic heterocycles. The number of likely N-dealkylation sites (tertiary alicyclic amines) is 1. The highest BCUT2D eigenvalue weighted by Gasteiger charge is 2.69. The molecule has 1 aromatic rings. The molecule has 1 aromatic carbocycles. The van der Waals surface area contributed by atoms with Gasteiger partial charge in [0, 0.05) is 18.4 Å². The van der Waals surface area contributed by atoms with Crippen LogP contribution in [0.5, 0.6) is 11.5 Å². The van der Waals surface area contributed by atoms with Crippen molar-refractivity contribution < 1.29 is 28.9 Å². The summed E-state index contributed by atoms with van der Waals surface area (Å²) in [5.74, 6) is -1.98. The van der Waals surface area contributed by atoms with E-state index in [0.717, 1.165) is 11.1 Å². The second-order valence-corrected chi connectivity index (χ2v) is 7.52. The van der Waals surface area contributed by atoms with Crippen molar-refractivity contribution >= 4 is 11.9 Å². The summed E-state index contributed by atoms with van der Waals surface area (Å²) < 4.78 is 16.8. The first-order chi connectivity index (χ1) is 12.9. The topological polar surface area (TPSA) is 88.1 Å². The molecule has 2 saturated heterocycles. The maximum atomic E-state index is 13.3. The van der Waals surface area contributed by atoms with Crippen LogP contribution in [-0.2, 0) is 20.9 Å². The number of ether oxygens (including phenoxy) is 3. The Morgan fingerprint density at radius 2 is 2.15 bits per heavy atom. The molecule has 0 radical (unpaired) electrons. The summed E-state index contributed by atoms with van der Waals surface area (Å²) in [7, 11) is 0. The van der Waals surface area contributed by atoms with Crippen LogP contribution in [0.1, 0.15) is 12.5 Å². The Morgan fingerprint density at radius 1 is 1.37 bits per heavy atom. The minimum absolute atomic E-state index is 0.175. The highest BCUT2D eigenvalue weighted by Crippen LogP contribution is 2.56. The van der Waals surface area contributed by atoms with Crippen molar-refractivity contribution in [3.05, 3.63) is 48.1 Å². The van der Waals surface area contributed by atoms with E-state index in [0.29, 0.717) is 18.0 Å². The average Bonchev–Trinajstić information content (AvgIpc) is 3.35.